The molecule has 0 unspecified atom stereocenters. The van der Waals surface area contributed by atoms with Crippen LogP contribution in [0.1, 0.15) is 27.7 Å². The maximum absolute atomic E-state index is 13.5. The third-order valence-electron chi connectivity index (χ3n) is 2.56. The highest BCUT2D eigenvalue weighted by atomic mass is 35.5. The van der Waals surface area contributed by atoms with Gasteiger partial charge in [-0.1, -0.05) is 25.4 Å². The largest absolute Gasteiger partial charge is 0.397 e. The lowest BCUT2D eigenvalue weighted by Crippen LogP contribution is -2.34. The normalized spacial score (nSPS) is 11.3. The minimum atomic E-state index is -0.426. The molecule has 1 aromatic rings. The van der Waals surface area contributed by atoms with Crippen molar-refractivity contribution in [2.45, 2.75) is 33.7 Å². The van der Waals surface area contributed by atoms with E-state index in [2.05, 4.69) is 32.6 Å². The second-order valence-electron chi connectivity index (χ2n) is 4.97. The maximum atomic E-state index is 13.5. The zero-order valence-corrected chi connectivity index (χ0v) is 11.6. The van der Waals surface area contributed by atoms with Gasteiger partial charge in [0.05, 0.1) is 16.4 Å². The van der Waals surface area contributed by atoms with E-state index in [4.69, 9.17) is 17.3 Å². The maximum Gasteiger partial charge on any atom is 0.144 e. The Kier molecular flexibility index (Phi) is 4.63. The van der Waals surface area contributed by atoms with E-state index in [1.54, 1.807) is 0 Å². The molecular formula is C13H20ClFN2. The number of nitrogens with zero attached hydrogens (tertiary/aromatic N) is 1. The van der Waals surface area contributed by atoms with Gasteiger partial charge >= 0.3 is 0 Å². The Morgan fingerprint density at radius 3 is 2.35 bits per heavy atom. The zero-order chi connectivity index (χ0) is 13.2. The van der Waals surface area contributed by atoms with E-state index in [1.165, 1.54) is 12.1 Å². The van der Waals surface area contributed by atoms with Crippen molar-refractivity contribution in [2.75, 3.05) is 17.2 Å². The van der Waals surface area contributed by atoms with Crippen LogP contribution in [0.3, 0.4) is 0 Å². The molecule has 0 aromatic heterocycles. The van der Waals surface area contributed by atoms with Crippen molar-refractivity contribution >= 4 is 23.0 Å². The van der Waals surface area contributed by atoms with E-state index >= 15 is 0 Å². The Labute approximate surface area is 108 Å². The molecule has 0 saturated heterocycles. The van der Waals surface area contributed by atoms with Gasteiger partial charge in [0.15, 0.2) is 0 Å². The number of benzene rings is 1. The van der Waals surface area contributed by atoms with Gasteiger partial charge < -0.3 is 10.6 Å². The van der Waals surface area contributed by atoms with Crippen molar-refractivity contribution in [1.82, 2.24) is 0 Å². The smallest absolute Gasteiger partial charge is 0.144 e. The first-order valence-electron chi connectivity index (χ1n) is 5.84. The Hall–Kier alpha value is -0.960. The molecule has 0 radical (unpaired) electrons. The number of halogens is 2. The van der Waals surface area contributed by atoms with Crippen LogP contribution in [0.2, 0.25) is 5.02 Å². The Morgan fingerprint density at radius 1 is 1.29 bits per heavy atom. The molecule has 0 atom stereocenters. The molecular weight excluding hydrogens is 239 g/mol. The van der Waals surface area contributed by atoms with Crippen LogP contribution in [-0.2, 0) is 0 Å². The number of hydrogen-bond donors (Lipinski definition) is 1. The zero-order valence-electron chi connectivity index (χ0n) is 10.8. The van der Waals surface area contributed by atoms with Gasteiger partial charge in [0, 0.05) is 18.7 Å². The molecule has 0 saturated carbocycles. The lowest BCUT2D eigenvalue weighted by Gasteiger charge is -2.31. The van der Waals surface area contributed by atoms with Crippen LogP contribution >= 0.6 is 11.6 Å². The quantitative estimate of drug-likeness (QED) is 0.829. The van der Waals surface area contributed by atoms with Gasteiger partial charge in [0.25, 0.3) is 0 Å². The van der Waals surface area contributed by atoms with Gasteiger partial charge in [-0.2, -0.15) is 0 Å². The molecule has 0 fully saturated rings. The molecule has 96 valence electrons. The van der Waals surface area contributed by atoms with Crippen molar-refractivity contribution in [1.29, 1.82) is 0 Å². The molecule has 0 aliphatic carbocycles. The summed E-state index contributed by atoms with van der Waals surface area (Å²) in [6.45, 7) is 9.21. The summed E-state index contributed by atoms with van der Waals surface area (Å²) in [7, 11) is 0. The molecule has 17 heavy (non-hydrogen) atoms. The summed E-state index contributed by atoms with van der Waals surface area (Å²) in [6.07, 6.45) is 0. The number of anilines is 2. The van der Waals surface area contributed by atoms with Crippen molar-refractivity contribution in [3.63, 3.8) is 0 Å². The summed E-state index contributed by atoms with van der Waals surface area (Å²) < 4.78 is 13.5. The van der Waals surface area contributed by atoms with Gasteiger partial charge in [-0.25, -0.2) is 4.39 Å². The van der Waals surface area contributed by atoms with Crippen LogP contribution in [0.25, 0.3) is 0 Å². The Morgan fingerprint density at radius 2 is 1.88 bits per heavy atom. The van der Waals surface area contributed by atoms with E-state index < -0.39 is 5.82 Å². The lowest BCUT2D eigenvalue weighted by molar-refractivity contribution is 0.568. The molecule has 0 bridgehead atoms. The van der Waals surface area contributed by atoms with Crippen LogP contribution in [0.4, 0.5) is 15.8 Å². The molecule has 0 spiro atoms. The number of nitrogen functional groups attached to an aromatic ring is 1. The average Bonchev–Trinajstić information content (AvgIpc) is 2.20. The predicted molar refractivity (Wildman–Crippen MR) is 73.1 cm³/mol. The minimum Gasteiger partial charge on any atom is -0.397 e. The van der Waals surface area contributed by atoms with E-state index in [0.717, 1.165) is 12.2 Å². The first-order chi connectivity index (χ1) is 7.82. The second-order valence-corrected chi connectivity index (χ2v) is 5.37. The van der Waals surface area contributed by atoms with Crippen molar-refractivity contribution in [3.05, 3.63) is 23.0 Å². The van der Waals surface area contributed by atoms with Crippen LogP contribution < -0.4 is 10.6 Å². The first-order valence-corrected chi connectivity index (χ1v) is 6.21. The van der Waals surface area contributed by atoms with Gasteiger partial charge in [-0.05, 0) is 25.8 Å². The standard InChI is InChI=1S/C13H20ClFN2/c1-8(2)7-17(9(3)4)13-6-11(15)10(14)5-12(13)16/h5-6,8-9H,7,16H2,1-4H3. The van der Waals surface area contributed by atoms with Gasteiger partial charge in [0.2, 0.25) is 0 Å². The monoisotopic (exact) mass is 258 g/mol. The third kappa shape index (κ3) is 3.50. The summed E-state index contributed by atoms with van der Waals surface area (Å²) in [6, 6.07) is 3.15. The van der Waals surface area contributed by atoms with Crippen molar-refractivity contribution < 1.29 is 4.39 Å². The molecule has 0 amide bonds. The highest BCUT2D eigenvalue weighted by Gasteiger charge is 2.17. The minimum absolute atomic E-state index is 0.0690. The molecule has 2 nitrogen and oxygen atoms in total. The number of hydrogen-bond acceptors (Lipinski definition) is 2. The molecule has 0 heterocycles. The summed E-state index contributed by atoms with van der Waals surface area (Å²) in [5.41, 5.74) is 7.15. The predicted octanol–water partition coefficient (Wildman–Crippen LogP) is 3.93. The van der Waals surface area contributed by atoms with E-state index in [-0.39, 0.29) is 11.1 Å². The number of rotatable bonds is 4. The van der Waals surface area contributed by atoms with Gasteiger partial charge in [-0.15, -0.1) is 0 Å². The topological polar surface area (TPSA) is 29.3 Å². The fourth-order valence-corrected chi connectivity index (χ4v) is 1.95. The summed E-state index contributed by atoms with van der Waals surface area (Å²) >= 11 is 5.70. The summed E-state index contributed by atoms with van der Waals surface area (Å²) in [4.78, 5) is 2.10. The van der Waals surface area contributed by atoms with Crippen LogP contribution in [0.15, 0.2) is 12.1 Å². The van der Waals surface area contributed by atoms with Crippen molar-refractivity contribution in [3.8, 4) is 0 Å². The fraction of sp³-hybridized carbons (Fsp3) is 0.538. The van der Waals surface area contributed by atoms with E-state index in [9.17, 15) is 4.39 Å². The number of nitrogens with two attached hydrogens (primary N) is 1. The highest BCUT2D eigenvalue weighted by molar-refractivity contribution is 6.31. The van der Waals surface area contributed by atoms with Crippen molar-refractivity contribution in [2.24, 2.45) is 5.92 Å². The molecule has 2 N–H and O–H groups in total. The van der Waals surface area contributed by atoms with E-state index in [0.29, 0.717) is 11.6 Å². The lowest BCUT2D eigenvalue weighted by atomic mass is 10.1. The second kappa shape index (κ2) is 5.58. The van der Waals surface area contributed by atoms with Gasteiger partial charge in [0.1, 0.15) is 5.82 Å². The average molecular weight is 259 g/mol. The van der Waals surface area contributed by atoms with Crippen LogP contribution in [0, 0.1) is 11.7 Å². The third-order valence-corrected chi connectivity index (χ3v) is 2.85. The van der Waals surface area contributed by atoms with Crippen LogP contribution in [-0.4, -0.2) is 12.6 Å². The SMILES string of the molecule is CC(C)CN(c1cc(F)c(Cl)cc1N)C(C)C. The first kappa shape index (κ1) is 14.1. The highest BCUT2D eigenvalue weighted by Crippen LogP contribution is 2.30. The Balaban J connectivity index is 3.14. The summed E-state index contributed by atoms with van der Waals surface area (Å²) in [5.74, 6) is 0.0563. The Bertz CT molecular complexity index is 391. The molecule has 0 aliphatic heterocycles. The summed E-state index contributed by atoms with van der Waals surface area (Å²) in [5, 5.41) is 0.0690. The molecule has 1 rings (SSSR count). The van der Waals surface area contributed by atoms with Crippen LogP contribution in [0.5, 0.6) is 0 Å². The molecule has 1 aromatic carbocycles. The molecule has 0 aliphatic rings. The van der Waals surface area contributed by atoms with Gasteiger partial charge in [-0.3, -0.25) is 0 Å². The molecule has 4 heteroatoms. The fourth-order valence-electron chi connectivity index (χ4n) is 1.78. The van der Waals surface area contributed by atoms with E-state index in [1.807, 2.05) is 0 Å².